The van der Waals surface area contributed by atoms with Gasteiger partial charge in [-0.15, -0.1) is 0 Å². The van der Waals surface area contributed by atoms with Crippen LogP contribution in [-0.2, 0) is 0 Å². The normalized spacial score (nSPS) is 11.6. The Morgan fingerprint density at radius 2 is 2.18 bits per heavy atom. The second-order valence-electron chi connectivity index (χ2n) is 2.01. The van der Waals surface area contributed by atoms with Gasteiger partial charge < -0.3 is 21.3 Å². The van der Waals surface area contributed by atoms with Gasteiger partial charge in [-0.05, 0) is 0 Å². The molecule has 0 atom stereocenters. The molecule has 5 N–H and O–H groups in total. The monoisotopic (exact) mass is 161 g/mol. The number of nitrogens with two attached hydrogens (primary N) is 1. The summed E-state index contributed by atoms with van der Waals surface area (Å²) in [5.74, 6) is 0. The molecule has 0 rings (SSSR count). The zero-order valence-electron chi connectivity index (χ0n) is 6.40. The molecule has 0 spiro atoms. The van der Waals surface area contributed by atoms with Gasteiger partial charge in [0, 0.05) is 19.6 Å². The topological polar surface area (TPSA) is 90.9 Å². The highest BCUT2D eigenvalue weighted by molar-refractivity contribution is 5.60. The molecule has 0 heterocycles. The van der Waals surface area contributed by atoms with Crippen LogP contribution in [0.5, 0.6) is 0 Å². The smallest absolute Gasteiger partial charge is 0.188 e. The molecule has 5 heteroatoms. The molecule has 0 aromatic carbocycles. The Bertz CT molecular complexity index is 106. The number of hydrogen-bond acceptors (Lipinski definition) is 5. The molecule has 0 bridgehead atoms. The predicted octanol–water partition coefficient (Wildman–Crippen LogP) is -2.08. The summed E-state index contributed by atoms with van der Waals surface area (Å²) in [7, 11) is 0. The quantitative estimate of drug-likeness (QED) is 0.204. The van der Waals surface area contributed by atoms with E-state index in [1.54, 1.807) is 0 Å². The van der Waals surface area contributed by atoms with Crippen LogP contribution in [0.1, 0.15) is 0 Å². The first-order valence-corrected chi connectivity index (χ1v) is 3.54. The van der Waals surface area contributed by atoms with Crippen molar-refractivity contribution in [3.05, 3.63) is 0 Å². The molecule has 0 saturated heterocycles. The van der Waals surface area contributed by atoms with Gasteiger partial charge >= 0.3 is 0 Å². The van der Waals surface area contributed by atoms with E-state index in [1.807, 2.05) is 0 Å². The molecule has 0 radical (unpaired) electrons. The third-order valence-corrected chi connectivity index (χ3v) is 0.978. The fourth-order valence-corrected chi connectivity index (χ4v) is 0.539. The average molecular weight is 161 g/mol. The summed E-state index contributed by atoms with van der Waals surface area (Å²) in [6.45, 7) is 2.61. The molecule has 0 unspecified atom stereocenters. The van der Waals surface area contributed by atoms with E-state index in [4.69, 9.17) is 15.9 Å². The summed E-state index contributed by atoms with van der Waals surface area (Å²) in [5.41, 5.74) is 5.21. The first-order chi connectivity index (χ1) is 5.27. The van der Waals surface area contributed by atoms with Crippen molar-refractivity contribution in [2.24, 2.45) is 10.7 Å². The number of nitrogens with zero attached hydrogens (tertiary/aromatic N) is 1. The van der Waals surface area contributed by atoms with Crippen LogP contribution in [0, 0.1) is 0 Å². The summed E-state index contributed by atoms with van der Waals surface area (Å²) >= 11 is 0. The van der Waals surface area contributed by atoms with Gasteiger partial charge in [-0.3, -0.25) is 4.99 Å². The van der Waals surface area contributed by atoms with E-state index in [2.05, 4.69) is 10.3 Å². The van der Waals surface area contributed by atoms with E-state index in [1.165, 1.54) is 0 Å². The zero-order chi connectivity index (χ0) is 8.53. The van der Waals surface area contributed by atoms with E-state index < -0.39 is 6.29 Å². The van der Waals surface area contributed by atoms with Crippen molar-refractivity contribution in [3.63, 3.8) is 0 Å². The SMILES string of the molecule is NCCNCCN=CC(O)O. The Morgan fingerprint density at radius 1 is 1.45 bits per heavy atom. The highest BCUT2D eigenvalue weighted by atomic mass is 16.5. The van der Waals surface area contributed by atoms with Crippen molar-refractivity contribution in [2.45, 2.75) is 6.29 Å². The molecule has 0 aliphatic carbocycles. The largest absolute Gasteiger partial charge is 0.364 e. The molecule has 0 fully saturated rings. The Hall–Kier alpha value is -0.490. The van der Waals surface area contributed by atoms with Crippen LogP contribution in [0.4, 0.5) is 0 Å². The maximum atomic E-state index is 8.32. The van der Waals surface area contributed by atoms with Gasteiger partial charge in [-0.2, -0.15) is 0 Å². The highest BCUT2D eigenvalue weighted by Gasteiger charge is 1.86. The molecule has 0 aromatic rings. The minimum Gasteiger partial charge on any atom is -0.364 e. The summed E-state index contributed by atoms with van der Waals surface area (Å²) < 4.78 is 0. The van der Waals surface area contributed by atoms with E-state index in [0.29, 0.717) is 19.6 Å². The molecule has 11 heavy (non-hydrogen) atoms. The van der Waals surface area contributed by atoms with E-state index in [-0.39, 0.29) is 0 Å². The second kappa shape index (κ2) is 7.62. The summed E-state index contributed by atoms with van der Waals surface area (Å²) in [6, 6.07) is 0. The first kappa shape index (κ1) is 10.5. The number of rotatable bonds is 6. The van der Waals surface area contributed by atoms with Crippen LogP contribution in [0.2, 0.25) is 0 Å². The molecule has 66 valence electrons. The van der Waals surface area contributed by atoms with Crippen molar-refractivity contribution in [3.8, 4) is 0 Å². The minimum atomic E-state index is -1.44. The third-order valence-electron chi connectivity index (χ3n) is 0.978. The number of nitrogens with one attached hydrogen (secondary N) is 1. The molecule has 0 amide bonds. The molecule has 0 aliphatic rings. The Balaban J connectivity index is 3.01. The van der Waals surface area contributed by atoms with Crippen LogP contribution < -0.4 is 11.1 Å². The van der Waals surface area contributed by atoms with Gasteiger partial charge in [0.05, 0.1) is 12.8 Å². The maximum absolute atomic E-state index is 8.32. The lowest BCUT2D eigenvalue weighted by atomic mass is 10.5. The summed E-state index contributed by atoms with van der Waals surface area (Å²) in [4.78, 5) is 3.71. The predicted molar refractivity (Wildman–Crippen MR) is 43.5 cm³/mol. The third kappa shape index (κ3) is 9.51. The number of aliphatic hydroxyl groups is 2. The number of aliphatic imine (C=N–C) groups is 1. The van der Waals surface area contributed by atoms with Crippen molar-refractivity contribution >= 4 is 6.21 Å². The first-order valence-electron chi connectivity index (χ1n) is 3.54. The molecule has 0 aromatic heterocycles. The van der Waals surface area contributed by atoms with Crippen LogP contribution in [0.3, 0.4) is 0 Å². The molecule has 0 aliphatic heterocycles. The molecule has 5 nitrogen and oxygen atoms in total. The number of hydrogen-bond donors (Lipinski definition) is 4. The Morgan fingerprint density at radius 3 is 2.73 bits per heavy atom. The fourth-order valence-electron chi connectivity index (χ4n) is 0.539. The zero-order valence-corrected chi connectivity index (χ0v) is 6.40. The summed E-state index contributed by atoms with van der Waals surface area (Å²) in [6.07, 6.45) is -0.353. The van der Waals surface area contributed by atoms with Crippen LogP contribution >= 0.6 is 0 Å². The second-order valence-corrected chi connectivity index (χ2v) is 2.01. The minimum absolute atomic E-state index is 0.539. The average Bonchev–Trinajstić information content (AvgIpc) is 1.96. The standard InChI is InChI=1S/C6H15N3O2/c7-1-2-8-3-4-9-5-6(10)11/h5-6,8,10-11H,1-4,7H2. The van der Waals surface area contributed by atoms with E-state index >= 15 is 0 Å². The highest BCUT2D eigenvalue weighted by Crippen LogP contribution is 1.70. The van der Waals surface area contributed by atoms with Gasteiger partial charge in [0.2, 0.25) is 0 Å². The van der Waals surface area contributed by atoms with Gasteiger partial charge in [-0.1, -0.05) is 0 Å². The lowest BCUT2D eigenvalue weighted by Crippen LogP contribution is -2.25. The van der Waals surface area contributed by atoms with E-state index in [0.717, 1.165) is 12.8 Å². The van der Waals surface area contributed by atoms with Crippen molar-refractivity contribution in [1.29, 1.82) is 0 Å². The Labute approximate surface area is 65.9 Å². The lowest BCUT2D eigenvalue weighted by Gasteiger charge is -1.98. The van der Waals surface area contributed by atoms with Gasteiger partial charge in [0.15, 0.2) is 6.29 Å². The molecular formula is C6H15N3O2. The van der Waals surface area contributed by atoms with Gasteiger partial charge in [-0.25, -0.2) is 0 Å². The van der Waals surface area contributed by atoms with Crippen molar-refractivity contribution in [1.82, 2.24) is 5.32 Å². The van der Waals surface area contributed by atoms with Crippen LogP contribution in [0.25, 0.3) is 0 Å². The fraction of sp³-hybridized carbons (Fsp3) is 0.833. The maximum Gasteiger partial charge on any atom is 0.188 e. The number of aliphatic hydroxyl groups excluding tert-OH is 1. The van der Waals surface area contributed by atoms with Crippen LogP contribution in [-0.4, -0.2) is 48.9 Å². The molecule has 0 saturated carbocycles. The lowest BCUT2D eigenvalue weighted by molar-refractivity contribution is 0.0237. The summed E-state index contributed by atoms with van der Waals surface area (Å²) in [5, 5.41) is 19.6. The van der Waals surface area contributed by atoms with Gasteiger partial charge in [0.25, 0.3) is 0 Å². The van der Waals surface area contributed by atoms with Crippen LogP contribution in [0.15, 0.2) is 4.99 Å². The Kier molecular flexibility index (Phi) is 7.28. The van der Waals surface area contributed by atoms with Crippen molar-refractivity contribution in [2.75, 3.05) is 26.2 Å². The van der Waals surface area contributed by atoms with Crippen molar-refractivity contribution < 1.29 is 10.2 Å². The van der Waals surface area contributed by atoms with E-state index in [9.17, 15) is 0 Å². The molecular weight excluding hydrogens is 146 g/mol. The van der Waals surface area contributed by atoms with Gasteiger partial charge in [0.1, 0.15) is 0 Å².